The lowest BCUT2D eigenvalue weighted by molar-refractivity contribution is -0.323. The first-order chi connectivity index (χ1) is 20.4. The Labute approximate surface area is 244 Å². The van der Waals surface area contributed by atoms with Crippen LogP contribution in [-0.4, -0.2) is 134 Å². The molecule has 2 fully saturated rings. The van der Waals surface area contributed by atoms with Gasteiger partial charge in [0.25, 0.3) is 0 Å². The van der Waals surface area contributed by atoms with Gasteiger partial charge in [0.2, 0.25) is 12.1 Å². The number of benzene rings is 2. The fraction of sp³-hybridized carbons (Fsp3) is 0.500. The van der Waals surface area contributed by atoms with Crippen LogP contribution in [0.25, 0.3) is 0 Å². The Morgan fingerprint density at radius 2 is 1.35 bits per heavy atom. The second-order valence-electron chi connectivity index (χ2n) is 10.6. The number of fused-ring (bicyclic) bond motifs is 2. The van der Waals surface area contributed by atoms with Gasteiger partial charge in [0.05, 0.1) is 31.5 Å². The van der Waals surface area contributed by atoms with Crippen molar-refractivity contribution in [2.24, 2.45) is 0 Å². The van der Waals surface area contributed by atoms with Gasteiger partial charge in [-0.3, -0.25) is 9.59 Å². The van der Waals surface area contributed by atoms with Gasteiger partial charge in [-0.25, -0.2) is 0 Å². The van der Waals surface area contributed by atoms with Crippen LogP contribution in [0.15, 0.2) is 24.3 Å². The van der Waals surface area contributed by atoms with Crippen molar-refractivity contribution in [2.45, 2.75) is 68.3 Å². The molecule has 2 aromatic carbocycles. The fourth-order valence-electron chi connectivity index (χ4n) is 5.34. The molecule has 0 saturated carbocycles. The Morgan fingerprint density at radius 3 is 2.00 bits per heavy atom. The van der Waals surface area contributed by atoms with E-state index in [0.29, 0.717) is 5.56 Å². The minimum Gasteiger partial charge on any atom is -0.507 e. The van der Waals surface area contributed by atoms with E-state index in [1.54, 1.807) is 6.92 Å². The van der Waals surface area contributed by atoms with E-state index in [2.05, 4.69) is 0 Å². The van der Waals surface area contributed by atoms with E-state index in [-0.39, 0.29) is 33.8 Å². The number of rotatable bonds is 7. The number of aliphatic hydroxyl groups is 7. The Bertz CT molecular complexity index is 1390. The monoisotopic (exact) mass is 608 g/mol. The molecular weight excluding hydrogens is 576 g/mol. The molecule has 0 spiro atoms. The molecule has 234 valence electrons. The molecule has 43 heavy (non-hydrogen) atoms. The van der Waals surface area contributed by atoms with Crippen molar-refractivity contribution in [3.63, 3.8) is 0 Å². The van der Waals surface area contributed by atoms with Crippen molar-refractivity contribution < 1.29 is 74.1 Å². The van der Waals surface area contributed by atoms with Gasteiger partial charge in [-0.05, 0) is 30.7 Å². The van der Waals surface area contributed by atoms with Crippen LogP contribution in [0, 0.1) is 6.92 Å². The number of aryl methyl sites for hydroxylation is 1. The minimum absolute atomic E-state index is 0.0477. The number of hydrogen-bond donors (Lipinski definition) is 8. The summed E-state index contributed by atoms with van der Waals surface area (Å²) in [5.41, 5.74) is -0.149. The molecule has 0 bridgehead atoms. The number of carbonyl (C=O) groups excluding carboxylic acids is 2. The molecule has 15 nitrogen and oxygen atoms in total. The van der Waals surface area contributed by atoms with E-state index in [1.165, 1.54) is 31.4 Å². The number of hydrogen-bond acceptors (Lipinski definition) is 15. The SMILES string of the molecule is COc1cc(O)c2c(c1)C(=O)c1cc(C)cc(O[C@@H]3O[C@H](CO[C@@H]4O[C@H](CO)[C@@H](O)[C@@H](O)[C@H]4O)[C@@H](O)[C@@H](O)[C@H]3O)c1C2=O. The van der Waals surface area contributed by atoms with Crippen LogP contribution in [0.3, 0.4) is 0 Å². The third kappa shape index (κ3) is 5.49. The number of aliphatic hydroxyl groups excluding tert-OH is 7. The highest BCUT2D eigenvalue weighted by molar-refractivity contribution is 6.30. The van der Waals surface area contributed by atoms with Gasteiger partial charge < -0.3 is 64.5 Å². The van der Waals surface area contributed by atoms with Crippen LogP contribution in [-0.2, 0) is 14.2 Å². The fourth-order valence-corrected chi connectivity index (χ4v) is 5.34. The van der Waals surface area contributed by atoms with Crippen molar-refractivity contribution in [1.82, 2.24) is 0 Å². The van der Waals surface area contributed by atoms with Gasteiger partial charge in [-0.1, -0.05) is 0 Å². The molecule has 3 aliphatic rings. The zero-order valence-electron chi connectivity index (χ0n) is 22.9. The number of methoxy groups -OCH3 is 1. The highest BCUT2D eigenvalue weighted by Gasteiger charge is 2.48. The second-order valence-corrected chi connectivity index (χ2v) is 10.6. The van der Waals surface area contributed by atoms with Crippen LogP contribution in [0.2, 0.25) is 0 Å². The second kappa shape index (κ2) is 12.0. The smallest absolute Gasteiger partial charge is 0.229 e. The molecule has 2 saturated heterocycles. The van der Waals surface area contributed by atoms with E-state index in [0.717, 1.165) is 0 Å². The normalized spacial score (nSPS) is 34.0. The molecular formula is C28H32O15. The number of phenolic OH excluding ortho intramolecular Hbond substituents is 1. The standard InChI is InChI=1S/C28H32O15/c1-9-3-11-18(22(34)17-12(19(11)31)5-10(39-2)6-13(17)30)14(4-9)41-28-26(38)24(36)21(33)16(43-28)8-40-27-25(37)23(35)20(32)15(7-29)42-27/h3-6,15-16,20-21,23-30,32-33,35-38H,7-8H2,1-2H3/t15-,16-,20-,21-,23-,24-,25-,26-,27-,28-/m1/s1. The van der Waals surface area contributed by atoms with E-state index >= 15 is 0 Å². The van der Waals surface area contributed by atoms with E-state index in [9.17, 15) is 50.4 Å². The van der Waals surface area contributed by atoms with Gasteiger partial charge in [-0.15, -0.1) is 0 Å². The van der Waals surface area contributed by atoms with Crippen LogP contribution in [0.4, 0.5) is 0 Å². The van der Waals surface area contributed by atoms with E-state index in [1.807, 2.05) is 0 Å². The Balaban J connectivity index is 1.40. The molecule has 2 heterocycles. The number of carbonyl (C=O) groups is 2. The predicted octanol–water partition coefficient (Wildman–Crippen LogP) is -2.51. The summed E-state index contributed by atoms with van der Waals surface area (Å²) in [7, 11) is 1.34. The minimum atomic E-state index is -1.85. The third-order valence-corrected chi connectivity index (χ3v) is 7.70. The molecule has 15 heteroatoms. The molecule has 8 N–H and O–H groups in total. The van der Waals surface area contributed by atoms with Crippen LogP contribution in [0.5, 0.6) is 17.2 Å². The topological polar surface area (TPSA) is 242 Å². The summed E-state index contributed by atoms with van der Waals surface area (Å²) in [6.45, 7) is 0.323. The molecule has 0 radical (unpaired) electrons. The largest absolute Gasteiger partial charge is 0.507 e. The third-order valence-electron chi connectivity index (χ3n) is 7.70. The van der Waals surface area contributed by atoms with Crippen molar-refractivity contribution in [3.05, 3.63) is 52.1 Å². The lowest BCUT2D eigenvalue weighted by atomic mass is 9.82. The highest BCUT2D eigenvalue weighted by atomic mass is 16.7. The summed E-state index contributed by atoms with van der Waals surface area (Å²) in [4.78, 5) is 27.0. The van der Waals surface area contributed by atoms with Crippen molar-refractivity contribution in [2.75, 3.05) is 20.3 Å². The lowest BCUT2D eigenvalue weighted by Gasteiger charge is -2.42. The number of phenols is 1. The Hall–Kier alpha value is -3.22. The van der Waals surface area contributed by atoms with E-state index in [4.69, 9.17) is 23.7 Å². The van der Waals surface area contributed by atoms with Crippen molar-refractivity contribution >= 4 is 11.6 Å². The summed E-state index contributed by atoms with van der Waals surface area (Å²) in [6, 6.07) is 5.35. The first-order valence-electron chi connectivity index (χ1n) is 13.3. The average molecular weight is 609 g/mol. The quantitative estimate of drug-likeness (QED) is 0.138. The zero-order chi connectivity index (χ0) is 31.3. The molecule has 2 aliphatic heterocycles. The van der Waals surface area contributed by atoms with E-state index < -0.39 is 91.9 Å². The number of ether oxygens (including phenoxy) is 5. The summed E-state index contributed by atoms with van der Waals surface area (Å²) in [5.74, 6) is -1.90. The maximum atomic E-state index is 13.6. The summed E-state index contributed by atoms with van der Waals surface area (Å²) in [5, 5.41) is 81.8. The molecule has 2 aromatic rings. The average Bonchev–Trinajstić information content (AvgIpc) is 2.98. The van der Waals surface area contributed by atoms with Crippen molar-refractivity contribution in [3.8, 4) is 17.2 Å². The summed E-state index contributed by atoms with van der Waals surface area (Å²) in [6.07, 6.45) is -16.5. The van der Waals surface area contributed by atoms with Gasteiger partial charge in [0.1, 0.15) is 66.1 Å². The van der Waals surface area contributed by atoms with Crippen LogP contribution < -0.4 is 9.47 Å². The number of ketones is 2. The molecule has 5 rings (SSSR count). The first kappa shape index (κ1) is 31.2. The lowest BCUT2D eigenvalue weighted by Crippen LogP contribution is -2.62. The predicted molar refractivity (Wildman–Crippen MR) is 140 cm³/mol. The Morgan fingerprint density at radius 1 is 0.744 bits per heavy atom. The van der Waals surface area contributed by atoms with Crippen LogP contribution in [0.1, 0.15) is 37.4 Å². The maximum absolute atomic E-state index is 13.6. The first-order valence-corrected chi connectivity index (χ1v) is 13.3. The molecule has 0 aromatic heterocycles. The highest BCUT2D eigenvalue weighted by Crippen LogP contribution is 2.40. The van der Waals surface area contributed by atoms with Gasteiger partial charge >= 0.3 is 0 Å². The van der Waals surface area contributed by atoms with Crippen LogP contribution >= 0.6 is 0 Å². The molecule has 10 atom stereocenters. The van der Waals surface area contributed by atoms with Gasteiger partial charge in [-0.2, -0.15) is 0 Å². The molecule has 0 unspecified atom stereocenters. The summed E-state index contributed by atoms with van der Waals surface area (Å²) >= 11 is 0. The van der Waals surface area contributed by atoms with Gasteiger partial charge in [0.15, 0.2) is 12.1 Å². The maximum Gasteiger partial charge on any atom is 0.229 e. The molecule has 0 amide bonds. The number of aromatic hydroxyl groups is 1. The van der Waals surface area contributed by atoms with Crippen molar-refractivity contribution in [1.29, 1.82) is 0 Å². The Kier molecular flexibility index (Phi) is 8.75. The van der Waals surface area contributed by atoms with Gasteiger partial charge in [0, 0.05) is 17.2 Å². The zero-order valence-corrected chi connectivity index (χ0v) is 22.9. The summed E-state index contributed by atoms with van der Waals surface area (Å²) < 4.78 is 27.3. The molecule has 1 aliphatic carbocycles.